The number of ketones is 1. The number of hydrogen-bond donors (Lipinski definition) is 1. The van der Waals surface area contributed by atoms with Gasteiger partial charge >= 0.3 is 0 Å². The lowest BCUT2D eigenvalue weighted by Gasteiger charge is -2.71. The second-order valence-corrected chi connectivity index (χ2v) is 17.2. The molecule has 1 aromatic rings. The van der Waals surface area contributed by atoms with Crippen LogP contribution in [-0.4, -0.2) is 17.0 Å². The normalized spacial score (nSPS) is 46.8. The summed E-state index contributed by atoms with van der Waals surface area (Å²) in [5, 5.41) is 11.8. The lowest BCUT2D eigenvalue weighted by atomic mass is 9.33. The van der Waals surface area contributed by atoms with Gasteiger partial charge in [-0.15, -0.1) is 0 Å². The minimum absolute atomic E-state index is 0.0241. The van der Waals surface area contributed by atoms with Gasteiger partial charge in [0.05, 0.1) is 6.10 Å². The molecule has 5 aliphatic carbocycles. The number of hydrogen-bond acceptors (Lipinski definition) is 2. The summed E-state index contributed by atoms with van der Waals surface area (Å²) in [6, 6.07) is 8.07. The first-order valence-corrected chi connectivity index (χ1v) is 17.2. The molecule has 4 fully saturated rings. The van der Waals surface area contributed by atoms with E-state index in [9.17, 15) is 9.90 Å². The molecular formula is C38H55ClO2. The second kappa shape index (κ2) is 9.95. The van der Waals surface area contributed by atoms with Gasteiger partial charge in [-0.25, -0.2) is 0 Å². The van der Waals surface area contributed by atoms with Crippen molar-refractivity contribution in [3.05, 3.63) is 46.5 Å². The fourth-order valence-corrected chi connectivity index (χ4v) is 12.4. The molecule has 1 aromatic carbocycles. The Bertz CT molecular complexity index is 1230. The van der Waals surface area contributed by atoms with Crippen LogP contribution in [0, 0.1) is 56.7 Å². The third kappa shape index (κ3) is 4.15. The van der Waals surface area contributed by atoms with E-state index in [4.69, 9.17) is 11.6 Å². The van der Waals surface area contributed by atoms with Crippen LogP contribution in [0.25, 0.3) is 0 Å². The van der Waals surface area contributed by atoms with Crippen molar-refractivity contribution in [1.82, 2.24) is 0 Å². The van der Waals surface area contributed by atoms with Crippen LogP contribution >= 0.6 is 11.6 Å². The van der Waals surface area contributed by atoms with Crippen LogP contribution in [-0.2, 0) is 11.2 Å². The van der Waals surface area contributed by atoms with Gasteiger partial charge in [0.25, 0.3) is 0 Å². The Morgan fingerprint density at radius 1 is 0.951 bits per heavy atom. The van der Waals surface area contributed by atoms with E-state index in [0.717, 1.165) is 50.0 Å². The van der Waals surface area contributed by atoms with Crippen molar-refractivity contribution < 1.29 is 9.90 Å². The molecule has 0 amide bonds. The SMILES string of the molecule is C[C@H]1[C@H](C)CC[C@]2(C(=O)CCc3cccc(Cl)c3)CC[C@]3(C)C(=CC[C@@H]4[C@@]5(C)CC[C@H](O)C(C)(C)[C@@H]5CC[C@]43C)[C@H]12. The third-order valence-electron chi connectivity index (χ3n) is 15.1. The quantitative estimate of drug-likeness (QED) is 0.361. The van der Waals surface area contributed by atoms with Gasteiger partial charge in [-0.3, -0.25) is 4.79 Å². The van der Waals surface area contributed by atoms with Crippen molar-refractivity contribution in [1.29, 1.82) is 0 Å². The number of fused-ring (bicyclic) bond motifs is 7. The zero-order chi connectivity index (χ0) is 29.6. The molecule has 0 radical (unpaired) electrons. The summed E-state index contributed by atoms with van der Waals surface area (Å²) in [6.45, 7) is 17.4. The Morgan fingerprint density at radius 2 is 1.71 bits per heavy atom. The summed E-state index contributed by atoms with van der Waals surface area (Å²) in [4.78, 5) is 14.5. The largest absolute Gasteiger partial charge is 0.393 e. The van der Waals surface area contributed by atoms with E-state index in [0.29, 0.717) is 41.8 Å². The Kier molecular flexibility index (Phi) is 7.26. The molecule has 4 saturated carbocycles. The fourth-order valence-electron chi connectivity index (χ4n) is 12.2. The number of halogens is 1. The predicted molar refractivity (Wildman–Crippen MR) is 170 cm³/mol. The van der Waals surface area contributed by atoms with Crippen LogP contribution in [0.2, 0.25) is 5.02 Å². The zero-order valence-corrected chi connectivity index (χ0v) is 27.6. The Balaban J connectivity index is 1.36. The molecule has 0 aromatic heterocycles. The molecule has 0 aliphatic heterocycles. The maximum atomic E-state index is 14.5. The predicted octanol–water partition coefficient (Wildman–Crippen LogP) is 9.86. The van der Waals surface area contributed by atoms with E-state index in [1.54, 1.807) is 5.57 Å². The topological polar surface area (TPSA) is 37.3 Å². The number of benzene rings is 1. The number of aliphatic hydroxyl groups is 1. The first-order chi connectivity index (χ1) is 19.2. The summed E-state index contributed by atoms with van der Waals surface area (Å²) < 4.78 is 0. The van der Waals surface area contributed by atoms with Crippen LogP contribution in [0.4, 0.5) is 0 Å². The molecule has 10 atom stereocenters. The number of aliphatic hydroxyl groups excluding tert-OH is 1. The molecule has 6 rings (SSSR count). The first kappa shape index (κ1) is 29.9. The van der Waals surface area contributed by atoms with Crippen molar-refractivity contribution in [3.63, 3.8) is 0 Å². The van der Waals surface area contributed by atoms with Crippen molar-refractivity contribution in [3.8, 4) is 0 Å². The van der Waals surface area contributed by atoms with E-state index < -0.39 is 0 Å². The summed E-state index contributed by atoms with van der Waals surface area (Å²) in [5.74, 6) is 3.26. The highest BCUT2D eigenvalue weighted by molar-refractivity contribution is 6.30. The summed E-state index contributed by atoms with van der Waals surface area (Å²) in [6.07, 6.45) is 14.0. The van der Waals surface area contributed by atoms with Gasteiger partial charge in [0.2, 0.25) is 0 Å². The van der Waals surface area contributed by atoms with Gasteiger partial charge in [0.15, 0.2) is 0 Å². The van der Waals surface area contributed by atoms with E-state index >= 15 is 0 Å². The molecule has 41 heavy (non-hydrogen) atoms. The smallest absolute Gasteiger partial charge is 0.139 e. The van der Waals surface area contributed by atoms with Crippen LogP contribution in [0.5, 0.6) is 0 Å². The molecule has 1 N–H and O–H groups in total. The third-order valence-corrected chi connectivity index (χ3v) is 15.3. The van der Waals surface area contributed by atoms with E-state index in [-0.39, 0.29) is 33.2 Å². The molecule has 0 saturated heterocycles. The van der Waals surface area contributed by atoms with E-state index in [1.165, 1.54) is 24.8 Å². The number of carbonyl (C=O) groups is 1. The molecule has 0 heterocycles. The van der Waals surface area contributed by atoms with Gasteiger partial charge in [0.1, 0.15) is 5.78 Å². The summed E-state index contributed by atoms with van der Waals surface area (Å²) in [5.41, 5.74) is 3.23. The van der Waals surface area contributed by atoms with Crippen LogP contribution in [0.1, 0.15) is 118 Å². The average molecular weight is 579 g/mol. The van der Waals surface area contributed by atoms with E-state index in [1.807, 2.05) is 18.2 Å². The van der Waals surface area contributed by atoms with Crippen molar-refractivity contribution in [2.75, 3.05) is 0 Å². The summed E-state index contributed by atoms with van der Waals surface area (Å²) in [7, 11) is 0. The van der Waals surface area contributed by atoms with Gasteiger partial charge in [0, 0.05) is 16.9 Å². The highest BCUT2D eigenvalue weighted by atomic mass is 35.5. The van der Waals surface area contributed by atoms with Gasteiger partial charge in [-0.05, 0) is 133 Å². The first-order valence-electron chi connectivity index (χ1n) is 16.9. The number of allylic oxidation sites excluding steroid dienone is 2. The molecule has 226 valence electrons. The van der Waals surface area contributed by atoms with Gasteiger partial charge < -0.3 is 5.11 Å². The lowest BCUT2D eigenvalue weighted by molar-refractivity contribution is -0.204. The Labute approximate surface area is 255 Å². The second-order valence-electron chi connectivity index (χ2n) is 16.7. The Hall–Kier alpha value is -1.12. The van der Waals surface area contributed by atoms with E-state index in [2.05, 4.69) is 60.6 Å². The number of aryl methyl sites for hydroxylation is 1. The number of Topliss-reactive ketones (excluding diaryl/α,β-unsaturated/α-hetero) is 1. The highest BCUT2D eigenvalue weighted by Crippen LogP contribution is 2.75. The van der Waals surface area contributed by atoms with Gasteiger partial charge in [-0.1, -0.05) is 83.8 Å². The molecule has 5 aliphatic rings. The maximum Gasteiger partial charge on any atom is 0.139 e. The molecule has 0 unspecified atom stereocenters. The van der Waals surface area contributed by atoms with Crippen molar-refractivity contribution in [2.24, 2.45) is 56.7 Å². The standard InChI is InChI=1S/C38H55ClO2/c1-24-15-20-38(32(41)14-11-26-9-8-10-27(39)23-26)22-21-36(6)28(33(38)25(24)2)12-13-30-35(5)18-17-31(40)34(3,4)29(35)16-19-37(30,36)7/h8-10,12,23-25,29-31,33,40H,11,13-22H2,1-7H3/t24-,25+,29+,30-,31+,33+,35+,36-,37-,38-/m1/s1. The maximum absolute atomic E-state index is 14.5. The summed E-state index contributed by atoms with van der Waals surface area (Å²) >= 11 is 6.28. The number of carbonyl (C=O) groups excluding carboxylic acids is 1. The highest BCUT2D eigenvalue weighted by Gasteiger charge is 2.69. The molecule has 0 bridgehead atoms. The van der Waals surface area contributed by atoms with Crippen molar-refractivity contribution >= 4 is 17.4 Å². The molecule has 3 heteroatoms. The van der Waals surface area contributed by atoms with Crippen molar-refractivity contribution in [2.45, 2.75) is 125 Å². The molecule has 0 spiro atoms. The Morgan fingerprint density at radius 3 is 2.44 bits per heavy atom. The average Bonchev–Trinajstić information content (AvgIpc) is 2.92. The monoisotopic (exact) mass is 578 g/mol. The minimum Gasteiger partial charge on any atom is -0.393 e. The van der Waals surface area contributed by atoms with Gasteiger partial charge in [-0.2, -0.15) is 0 Å². The molecule has 2 nitrogen and oxygen atoms in total. The molecular weight excluding hydrogens is 524 g/mol. The number of rotatable bonds is 4. The minimum atomic E-state index is -0.211. The van der Waals surface area contributed by atoms with Crippen LogP contribution in [0.3, 0.4) is 0 Å². The zero-order valence-electron chi connectivity index (χ0n) is 26.9. The van der Waals surface area contributed by atoms with Crippen LogP contribution < -0.4 is 0 Å². The van der Waals surface area contributed by atoms with Crippen LogP contribution in [0.15, 0.2) is 35.9 Å². The lowest BCUT2D eigenvalue weighted by Crippen LogP contribution is -2.65. The fraction of sp³-hybridized carbons (Fsp3) is 0.763.